The number of aromatic nitrogens is 1. The minimum Gasteiger partial charge on any atom is -0.503 e. The Hall–Kier alpha value is -2.78. The smallest absolute Gasteiger partial charge is 0.235 e. The van der Waals surface area contributed by atoms with Gasteiger partial charge in [-0.1, -0.05) is 6.07 Å². The molecule has 1 aliphatic carbocycles. The lowest BCUT2D eigenvalue weighted by molar-refractivity contribution is 0.0453. The molecule has 0 radical (unpaired) electrons. The minimum absolute atomic E-state index is 0.0126. The van der Waals surface area contributed by atoms with Gasteiger partial charge in [0.2, 0.25) is 5.43 Å². The zero-order chi connectivity index (χ0) is 20.5. The van der Waals surface area contributed by atoms with Gasteiger partial charge in [0, 0.05) is 25.7 Å². The van der Waals surface area contributed by atoms with E-state index in [2.05, 4.69) is 10.3 Å². The first kappa shape index (κ1) is 19.5. The van der Waals surface area contributed by atoms with E-state index < -0.39 is 28.4 Å². The van der Waals surface area contributed by atoms with Gasteiger partial charge >= 0.3 is 0 Å². The number of H-pyrrole nitrogens is 1. The highest BCUT2D eigenvalue weighted by molar-refractivity contribution is 6.04. The highest BCUT2D eigenvalue weighted by Crippen LogP contribution is 2.33. The van der Waals surface area contributed by atoms with E-state index in [1.165, 1.54) is 6.07 Å². The van der Waals surface area contributed by atoms with Gasteiger partial charge in [0.15, 0.2) is 5.75 Å². The maximum Gasteiger partial charge on any atom is 0.235 e. The van der Waals surface area contributed by atoms with Gasteiger partial charge in [-0.25, -0.2) is 8.78 Å². The highest BCUT2D eigenvalue weighted by Gasteiger charge is 2.28. The summed E-state index contributed by atoms with van der Waals surface area (Å²) in [5.41, 5.74) is -1.67. The van der Waals surface area contributed by atoms with E-state index in [0.717, 1.165) is 25.0 Å². The van der Waals surface area contributed by atoms with Crippen molar-refractivity contribution in [1.29, 1.82) is 5.41 Å². The van der Waals surface area contributed by atoms with Crippen molar-refractivity contribution in [2.45, 2.75) is 18.9 Å². The third-order valence-corrected chi connectivity index (χ3v) is 5.10. The molecule has 1 aliphatic heterocycles. The maximum atomic E-state index is 14.3. The van der Waals surface area contributed by atoms with Crippen LogP contribution in [0.5, 0.6) is 5.75 Å². The average Bonchev–Trinajstić information content (AvgIpc) is 3.50. The SMILES string of the molecule is N=C(CN1CCOCC1)c1c(NC2CC2)[nH]c(-c2c(F)cccc2F)c(O)c1=O. The number of anilines is 1. The summed E-state index contributed by atoms with van der Waals surface area (Å²) in [6.07, 6.45) is 1.78. The largest absolute Gasteiger partial charge is 0.503 e. The molecule has 0 bridgehead atoms. The van der Waals surface area contributed by atoms with Gasteiger partial charge in [-0.05, 0) is 25.0 Å². The first-order valence-corrected chi connectivity index (χ1v) is 9.53. The summed E-state index contributed by atoms with van der Waals surface area (Å²) < 4.78 is 33.8. The van der Waals surface area contributed by atoms with Gasteiger partial charge in [-0.2, -0.15) is 0 Å². The van der Waals surface area contributed by atoms with Crippen LogP contribution in [0.4, 0.5) is 14.6 Å². The molecule has 0 spiro atoms. The molecular formula is C20H22F2N4O3. The third-order valence-electron chi connectivity index (χ3n) is 5.10. The standard InChI is InChI=1S/C20H22F2N4O3/c21-12-2-1-3-13(22)15(12)17-19(28)18(27)16(20(25-17)24-11-4-5-11)14(23)10-26-6-8-29-9-7-26/h1-3,11,23,28H,4-10H2,(H2,24,25,27). The highest BCUT2D eigenvalue weighted by atomic mass is 19.1. The van der Waals surface area contributed by atoms with Crippen molar-refractivity contribution in [3.05, 3.63) is 45.6 Å². The van der Waals surface area contributed by atoms with Gasteiger partial charge in [0.1, 0.15) is 17.5 Å². The van der Waals surface area contributed by atoms with Crippen LogP contribution in [0.15, 0.2) is 23.0 Å². The second-order valence-corrected chi connectivity index (χ2v) is 7.31. The lowest BCUT2D eigenvalue weighted by Gasteiger charge is -2.27. The van der Waals surface area contributed by atoms with Crippen LogP contribution < -0.4 is 10.7 Å². The molecule has 0 unspecified atom stereocenters. The number of nitrogens with zero attached hydrogens (tertiary/aromatic N) is 1. The lowest BCUT2D eigenvalue weighted by Crippen LogP contribution is -2.40. The summed E-state index contributed by atoms with van der Waals surface area (Å²) in [5, 5.41) is 22.1. The van der Waals surface area contributed by atoms with Crippen molar-refractivity contribution >= 4 is 11.5 Å². The number of aromatic hydroxyl groups is 1. The van der Waals surface area contributed by atoms with Crippen molar-refractivity contribution in [1.82, 2.24) is 9.88 Å². The van der Waals surface area contributed by atoms with Crippen molar-refractivity contribution in [3.8, 4) is 17.0 Å². The Morgan fingerprint density at radius 2 is 1.93 bits per heavy atom. The second-order valence-electron chi connectivity index (χ2n) is 7.31. The topological polar surface area (TPSA) is 101 Å². The molecular weight excluding hydrogens is 382 g/mol. The second kappa shape index (κ2) is 7.92. The molecule has 29 heavy (non-hydrogen) atoms. The van der Waals surface area contributed by atoms with Crippen LogP contribution in [-0.2, 0) is 4.74 Å². The Kier molecular flexibility index (Phi) is 5.33. The van der Waals surface area contributed by atoms with Crippen molar-refractivity contribution < 1.29 is 18.6 Å². The van der Waals surface area contributed by atoms with Crippen LogP contribution >= 0.6 is 0 Å². The Balaban J connectivity index is 1.78. The normalized spacial score (nSPS) is 17.3. The van der Waals surface area contributed by atoms with Gasteiger partial charge < -0.3 is 25.6 Å². The number of pyridine rings is 1. The summed E-state index contributed by atoms with van der Waals surface area (Å²) in [5.74, 6) is -2.41. The summed E-state index contributed by atoms with van der Waals surface area (Å²) in [4.78, 5) is 17.7. The fourth-order valence-corrected chi connectivity index (χ4v) is 3.40. The summed E-state index contributed by atoms with van der Waals surface area (Å²) in [6, 6.07) is 3.43. The van der Waals surface area contributed by atoms with Crippen LogP contribution in [-0.4, -0.2) is 59.6 Å². The number of aromatic amines is 1. The number of ether oxygens (including phenoxy) is 1. The molecule has 1 saturated carbocycles. The average molecular weight is 404 g/mol. The predicted octanol–water partition coefficient (Wildman–Crippen LogP) is 2.30. The van der Waals surface area contributed by atoms with E-state index in [1.807, 2.05) is 4.90 Å². The monoisotopic (exact) mass is 404 g/mol. The molecule has 2 aromatic rings. The molecule has 9 heteroatoms. The molecule has 1 aromatic heterocycles. The number of morpholine rings is 1. The van der Waals surface area contributed by atoms with Gasteiger partial charge in [0.25, 0.3) is 0 Å². The fourth-order valence-electron chi connectivity index (χ4n) is 3.40. The van der Waals surface area contributed by atoms with E-state index in [1.54, 1.807) is 0 Å². The number of halogens is 2. The third kappa shape index (κ3) is 4.01. The predicted molar refractivity (Wildman–Crippen MR) is 105 cm³/mol. The Morgan fingerprint density at radius 3 is 2.55 bits per heavy atom. The molecule has 1 saturated heterocycles. The van der Waals surface area contributed by atoms with Gasteiger partial charge in [-0.15, -0.1) is 0 Å². The first-order chi connectivity index (χ1) is 14.0. The summed E-state index contributed by atoms with van der Waals surface area (Å²) in [7, 11) is 0. The van der Waals surface area contributed by atoms with Gasteiger partial charge in [0.05, 0.1) is 35.7 Å². The van der Waals surface area contributed by atoms with Crippen molar-refractivity contribution in [2.75, 3.05) is 38.2 Å². The lowest BCUT2D eigenvalue weighted by atomic mass is 10.0. The van der Waals surface area contributed by atoms with Crippen LogP contribution in [0.1, 0.15) is 18.4 Å². The van der Waals surface area contributed by atoms with Gasteiger partial charge in [-0.3, -0.25) is 9.69 Å². The van der Waals surface area contributed by atoms with Crippen LogP contribution in [0.25, 0.3) is 11.3 Å². The van der Waals surface area contributed by atoms with E-state index in [4.69, 9.17) is 10.1 Å². The molecule has 2 heterocycles. The zero-order valence-electron chi connectivity index (χ0n) is 15.7. The molecule has 154 valence electrons. The van der Waals surface area contributed by atoms with Crippen molar-refractivity contribution in [2.24, 2.45) is 0 Å². The van der Waals surface area contributed by atoms with Crippen LogP contribution in [0, 0.1) is 17.0 Å². The van der Waals surface area contributed by atoms with Crippen LogP contribution in [0.2, 0.25) is 0 Å². The Morgan fingerprint density at radius 1 is 1.28 bits per heavy atom. The molecule has 4 N–H and O–H groups in total. The molecule has 2 aliphatic rings. The number of nitrogens with one attached hydrogen (secondary N) is 3. The molecule has 2 fully saturated rings. The Bertz CT molecular complexity index is 978. The first-order valence-electron chi connectivity index (χ1n) is 9.53. The van der Waals surface area contributed by atoms with Crippen molar-refractivity contribution in [3.63, 3.8) is 0 Å². The number of rotatable bonds is 6. The molecule has 4 rings (SSSR count). The number of benzene rings is 1. The quantitative estimate of drug-likeness (QED) is 0.554. The molecule has 1 aromatic carbocycles. The summed E-state index contributed by atoms with van der Waals surface area (Å²) >= 11 is 0. The minimum atomic E-state index is -0.899. The van der Waals surface area contributed by atoms with E-state index >= 15 is 0 Å². The number of hydrogen-bond donors (Lipinski definition) is 4. The molecule has 7 nitrogen and oxygen atoms in total. The Labute approximate surface area is 165 Å². The van der Waals surface area contributed by atoms with Crippen LogP contribution in [0.3, 0.4) is 0 Å². The van der Waals surface area contributed by atoms with E-state index in [-0.39, 0.29) is 35.4 Å². The van der Waals surface area contributed by atoms with E-state index in [9.17, 15) is 18.7 Å². The number of hydrogen-bond acceptors (Lipinski definition) is 6. The zero-order valence-corrected chi connectivity index (χ0v) is 15.7. The molecule has 0 atom stereocenters. The summed E-state index contributed by atoms with van der Waals surface area (Å²) in [6.45, 7) is 2.58. The maximum absolute atomic E-state index is 14.3. The van der Waals surface area contributed by atoms with E-state index in [0.29, 0.717) is 26.3 Å². The fraction of sp³-hybridized carbons (Fsp3) is 0.400. The molecule has 0 amide bonds.